The zero-order chi connectivity index (χ0) is 14.5. The monoisotopic (exact) mass is 291 g/mol. The SMILES string of the molecule is CNC(Cc1ccccc1C)Cc1c(F)cccc1Cl. The molecule has 1 unspecified atom stereocenters. The molecule has 0 aromatic heterocycles. The van der Waals surface area contributed by atoms with Gasteiger partial charge in [0.05, 0.1) is 0 Å². The second-order valence-corrected chi connectivity index (χ2v) is 5.43. The molecule has 0 saturated heterocycles. The van der Waals surface area contributed by atoms with E-state index in [1.165, 1.54) is 17.2 Å². The van der Waals surface area contributed by atoms with Gasteiger partial charge in [-0.2, -0.15) is 0 Å². The molecule has 0 aliphatic carbocycles. The highest BCUT2D eigenvalue weighted by Crippen LogP contribution is 2.22. The summed E-state index contributed by atoms with van der Waals surface area (Å²) in [5.74, 6) is -0.234. The highest BCUT2D eigenvalue weighted by atomic mass is 35.5. The standard InChI is InChI=1S/C17H19ClFN/c1-12-6-3-4-7-13(12)10-14(20-2)11-15-16(18)8-5-9-17(15)19/h3-9,14,20H,10-11H2,1-2H3. The van der Waals surface area contributed by atoms with E-state index in [1.54, 1.807) is 12.1 Å². The highest BCUT2D eigenvalue weighted by molar-refractivity contribution is 6.31. The van der Waals surface area contributed by atoms with Gasteiger partial charge in [-0.15, -0.1) is 0 Å². The van der Waals surface area contributed by atoms with Crippen molar-refractivity contribution in [3.63, 3.8) is 0 Å². The molecule has 0 saturated carbocycles. The molecule has 106 valence electrons. The van der Waals surface area contributed by atoms with Crippen LogP contribution >= 0.6 is 11.6 Å². The van der Waals surface area contributed by atoms with Crippen molar-refractivity contribution in [3.8, 4) is 0 Å². The highest BCUT2D eigenvalue weighted by Gasteiger charge is 2.14. The first-order chi connectivity index (χ1) is 9.61. The minimum atomic E-state index is -0.234. The van der Waals surface area contributed by atoms with Crippen molar-refractivity contribution < 1.29 is 4.39 Å². The van der Waals surface area contributed by atoms with E-state index >= 15 is 0 Å². The van der Waals surface area contributed by atoms with Crippen LogP contribution in [0.25, 0.3) is 0 Å². The van der Waals surface area contributed by atoms with Gasteiger partial charge in [0.15, 0.2) is 0 Å². The summed E-state index contributed by atoms with van der Waals surface area (Å²) in [5.41, 5.74) is 3.12. The van der Waals surface area contributed by atoms with Crippen LogP contribution in [0, 0.1) is 12.7 Å². The molecule has 0 fully saturated rings. The van der Waals surface area contributed by atoms with Crippen LogP contribution in [0.3, 0.4) is 0 Å². The first kappa shape index (κ1) is 15.0. The Morgan fingerprint density at radius 3 is 2.50 bits per heavy atom. The fourth-order valence-electron chi connectivity index (χ4n) is 2.35. The Hall–Kier alpha value is -1.38. The normalized spacial score (nSPS) is 12.4. The molecule has 0 radical (unpaired) electrons. The van der Waals surface area contributed by atoms with Gasteiger partial charge in [-0.3, -0.25) is 0 Å². The van der Waals surface area contributed by atoms with E-state index in [9.17, 15) is 4.39 Å². The maximum Gasteiger partial charge on any atom is 0.127 e. The zero-order valence-electron chi connectivity index (χ0n) is 11.8. The summed E-state index contributed by atoms with van der Waals surface area (Å²) in [7, 11) is 1.90. The third-order valence-electron chi connectivity index (χ3n) is 3.65. The van der Waals surface area contributed by atoms with Crippen molar-refractivity contribution in [3.05, 3.63) is 70.0 Å². The lowest BCUT2D eigenvalue weighted by molar-refractivity contribution is 0.531. The second kappa shape index (κ2) is 6.87. The van der Waals surface area contributed by atoms with Gasteiger partial charge in [-0.25, -0.2) is 4.39 Å². The molecule has 1 nitrogen and oxygen atoms in total. The summed E-state index contributed by atoms with van der Waals surface area (Å²) in [6.45, 7) is 2.10. The Kier molecular flexibility index (Phi) is 5.16. The van der Waals surface area contributed by atoms with E-state index in [0.717, 1.165) is 6.42 Å². The van der Waals surface area contributed by atoms with Crippen LogP contribution in [0.4, 0.5) is 4.39 Å². The second-order valence-electron chi connectivity index (χ2n) is 5.02. The maximum atomic E-state index is 13.9. The molecule has 2 aromatic carbocycles. The fraction of sp³-hybridized carbons (Fsp3) is 0.294. The summed E-state index contributed by atoms with van der Waals surface area (Å²) >= 11 is 6.10. The number of halogens is 2. The van der Waals surface area contributed by atoms with Gasteiger partial charge in [-0.1, -0.05) is 41.9 Å². The van der Waals surface area contributed by atoms with Crippen molar-refractivity contribution in [2.24, 2.45) is 0 Å². The molecule has 1 atom stereocenters. The van der Waals surface area contributed by atoms with E-state index in [-0.39, 0.29) is 11.9 Å². The van der Waals surface area contributed by atoms with Gasteiger partial charge in [0.2, 0.25) is 0 Å². The van der Waals surface area contributed by atoms with Gasteiger partial charge in [0.1, 0.15) is 5.82 Å². The molecule has 3 heteroatoms. The van der Waals surface area contributed by atoms with Gasteiger partial charge in [-0.05, 0) is 50.1 Å². The van der Waals surface area contributed by atoms with Crippen LogP contribution in [0.5, 0.6) is 0 Å². The Balaban J connectivity index is 2.16. The molecular formula is C17H19ClFN. The smallest absolute Gasteiger partial charge is 0.127 e. The van der Waals surface area contributed by atoms with Crippen LogP contribution in [0.15, 0.2) is 42.5 Å². The summed E-state index contributed by atoms with van der Waals surface area (Å²) in [6.07, 6.45) is 1.43. The van der Waals surface area contributed by atoms with Crippen molar-refractivity contribution >= 4 is 11.6 Å². The third-order valence-corrected chi connectivity index (χ3v) is 4.00. The molecule has 0 aliphatic heterocycles. The van der Waals surface area contributed by atoms with Crippen molar-refractivity contribution in [1.82, 2.24) is 5.32 Å². The largest absolute Gasteiger partial charge is 0.316 e. The molecule has 0 heterocycles. The molecule has 0 aliphatic rings. The van der Waals surface area contributed by atoms with Crippen molar-refractivity contribution in [1.29, 1.82) is 0 Å². The first-order valence-corrected chi connectivity index (χ1v) is 7.14. The number of nitrogens with one attached hydrogen (secondary N) is 1. The van der Waals surface area contributed by atoms with Crippen LogP contribution in [-0.2, 0) is 12.8 Å². The molecule has 2 rings (SSSR count). The summed E-state index contributed by atoms with van der Waals surface area (Å²) < 4.78 is 13.9. The topological polar surface area (TPSA) is 12.0 Å². The van der Waals surface area contributed by atoms with Crippen LogP contribution < -0.4 is 5.32 Å². The zero-order valence-corrected chi connectivity index (χ0v) is 12.5. The van der Waals surface area contributed by atoms with E-state index in [1.807, 2.05) is 19.2 Å². The van der Waals surface area contributed by atoms with Crippen LogP contribution in [0.1, 0.15) is 16.7 Å². The van der Waals surface area contributed by atoms with Crippen molar-refractivity contribution in [2.75, 3.05) is 7.05 Å². The minimum Gasteiger partial charge on any atom is -0.316 e. The molecule has 0 spiro atoms. The molecule has 0 amide bonds. The molecule has 20 heavy (non-hydrogen) atoms. The minimum absolute atomic E-state index is 0.158. The summed E-state index contributed by atoms with van der Waals surface area (Å²) in [4.78, 5) is 0. The Morgan fingerprint density at radius 2 is 1.85 bits per heavy atom. The average molecular weight is 292 g/mol. The van der Waals surface area contributed by atoms with Crippen LogP contribution in [0.2, 0.25) is 5.02 Å². The van der Waals surface area contributed by atoms with E-state index < -0.39 is 0 Å². The van der Waals surface area contributed by atoms with E-state index in [0.29, 0.717) is 17.0 Å². The number of rotatable bonds is 5. The van der Waals surface area contributed by atoms with Gasteiger partial charge < -0.3 is 5.32 Å². The number of likely N-dealkylation sites (N-methyl/N-ethyl adjacent to an activating group) is 1. The first-order valence-electron chi connectivity index (χ1n) is 6.76. The average Bonchev–Trinajstić information content (AvgIpc) is 2.44. The quantitative estimate of drug-likeness (QED) is 0.872. The number of benzene rings is 2. The fourth-order valence-corrected chi connectivity index (χ4v) is 2.59. The predicted octanol–water partition coefficient (Wildman–Crippen LogP) is 4.16. The summed E-state index contributed by atoms with van der Waals surface area (Å²) in [6, 6.07) is 13.3. The molecule has 0 bridgehead atoms. The number of aryl methyl sites for hydroxylation is 1. The molecule has 2 aromatic rings. The van der Waals surface area contributed by atoms with E-state index in [2.05, 4.69) is 24.4 Å². The number of hydrogen-bond acceptors (Lipinski definition) is 1. The lowest BCUT2D eigenvalue weighted by Gasteiger charge is -2.18. The lowest BCUT2D eigenvalue weighted by atomic mass is 9.96. The molecule has 1 N–H and O–H groups in total. The molecular weight excluding hydrogens is 273 g/mol. The Morgan fingerprint density at radius 1 is 1.10 bits per heavy atom. The number of hydrogen-bond donors (Lipinski definition) is 1. The van der Waals surface area contributed by atoms with Crippen molar-refractivity contribution in [2.45, 2.75) is 25.8 Å². The van der Waals surface area contributed by atoms with Gasteiger partial charge in [0.25, 0.3) is 0 Å². The predicted molar refractivity (Wildman–Crippen MR) is 82.8 cm³/mol. The maximum absolute atomic E-state index is 13.9. The lowest BCUT2D eigenvalue weighted by Crippen LogP contribution is -2.30. The third kappa shape index (κ3) is 3.59. The Labute approximate surface area is 124 Å². The van der Waals surface area contributed by atoms with Crippen LogP contribution in [-0.4, -0.2) is 13.1 Å². The van der Waals surface area contributed by atoms with E-state index in [4.69, 9.17) is 11.6 Å². The van der Waals surface area contributed by atoms with Gasteiger partial charge >= 0.3 is 0 Å². The Bertz CT molecular complexity index is 563. The summed E-state index contributed by atoms with van der Waals surface area (Å²) in [5, 5.41) is 3.75. The van der Waals surface area contributed by atoms with Gasteiger partial charge in [0, 0.05) is 16.6 Å².